The highest BCUT2D eigenvalue weighted by Gasteiger charge is 2.38. The molecule has 1 aliphatic rings. The first-order valence-electron chi connectivity index (χ1n) is 11.5. The molecule has 172 valence electrons. The third-order valence-electron chi connectivity index (χ3n) is 6.91. The average molecular weight is 448 g/mol. The zero-order chi connectivity index (χ0) is 22.6. The zero-order valence-electron chi connectivity index (χ0n) is 19.6. The summed E-state index contributed by atoms with van der Waals surface area (Å²) in [7, 11) is -3.75. The Morgan fingerprint density at radius 2 is 2.03 bits per heavy atom. The van der Waals surface area contributed by atoms with Crippen molar-refractivity contribution in [2.75, 3.05) is 24.4 Å². The molecule has 0 aliphatic carbocycles. The van der Waals surface area contributed by atoms with Crippen LogP contribution in [-0.4, -0.2) is 38.1 Å². The van der Waals surface area contributed by atoms with E-state index < -0.39 is 10.0 Å². The van der Waals surface area contributed by atoms with E-state index in [1.807, 2.05) is 12.1 Å². The number of nitrogens with one attached hydrogen (secondary N) is 1. The molecule has 7 heteroatoms. The molecule has 2 atom stereocenters. The van der Waals surface area contributed by atoms with Crippen molar-refractivity contribution in [3.8, 4) is 0 Å². The lowest BCUT2D eigenvalue weighted by atomic mass is 9.68. The summed E-state index contributed by atoms with van der Waals surface area (Å²) in [5.41, 5.74) is 2.15. The smallest absolute Gasteiger partial charge is 0.267 e. The SMILES string of the molecule is CCCCCCN1CCC(C)(c2cccc(NS(=O)(=O)c3c(C)noc3C)c2)C(C)C1. The Kier molecular flexibility index (Phi) is 7.47. The number of aryl methyl sites for hydroxylation is 2. The van der Waals surface area contributed by atoms with E-state index in [1.165, 1.54) is 37.8 Å². The molecular weight excluding hydrogens is 410 g/mol. The van der Waals surface area contributed by atoms with Crippen molar-refractivity contribution in [1.29, 1.82) is 0 Å². The molecule has 1 aromatic heterocycles. The van der Waals surface area contributed by atoms with Crippen LogP contribution in [-0.2, 0) is 15.4 Å². The van der Waals surface area contributed by atoms with E-state index >= 15 is 0 Å². The molecule has 2 aromatic rings. The van der Waals surface area contributed by atoms with E-state index in [4.69, 9.17) is 4.52 Å². The van der Waals surface area contributed by atoms with Crippen molar-refractivity contribution in [2.24, 2.45) is 5.92 Å². The number of benzene rings is 1. The quantitative estimate of drug-likeness (QED) is 0.530. The second-order valence-electron chi connectivity index (χ2n) is 9.27. The molecule has 6 nitrogen and oxygen atoms in total. The van der Waals surface area contributed by atoms with Crippen molar-refractivity contribution in [3.05, 3.63) is 41.3 Å². The Labute approximate surface area is 187 Å². The molecule has 1 aromatic carbocycles. The van der Waals surface area contributed by atoms with Gasteiger partial charge in [-0.1, -0.05) is 57.3 Å². The van der Waals surface area contributed by atoms with Gasteiger partial charge in [0.15, 0.2) is 10.7 Å². The van der Waals surface area contributed by atoms with Crippen LogP contribution in [0.5, 0.6) is 0 Å². The second-order valence-corrected chi connectivity index (χ2v) is 10.9. The monoisotopic (exact) mass is 447 g/mol. The van der Waals surface area contributed by atoms with Gasteiger partial charge in [-0.15, -0.1) is 0 Å². The average Bonchev–Trinajstić information content (AvgIpc) is 3.07. The molecule has 2 unspecified atom stereocenters. The number of sulfonamides is 1. The summed E-state index contributed by atoms with van der Waals surface area (Å²) in [5, 5.41) is 3.78. The fourth-order valence-corrected chi connectivity index (χ4v) is 6.09. The van der Waals surface area contributed by atoms with Crippen molar-refractivity contribution < 1.29 is 12.9 Å². The van der Waals surface area contributed by atoms with E-state index in [0.29, 0.717) is 23.1 Å². The summed E-state index contributed by atoms with van der Waals surface area (Å²) in [6, 6.07) is 7.86. The molecule has 3 rings (SSSR count). The Hall–Kier alpha value is -1.86. The number of likely N-dealkylation sites (tertiary alicyclic amines) is 1. The first-order chi connectivity index (χ1) is 14.7. The van der Waals surface area contributed by atoms with Gasteiger partial charge >= 0.3 is 0 Å². The van der Waals surface area contributed by atoms with Crippen LogP contribution in [0.1, 0.15) is 69.9 Å². The van der Waals surface area contributed by atoms with Gasteiger partial charge in [-0.05, 0) is 68.8 Å². The Balaban J connectivity index is 1.72. The summed E-state index contributed by atoms with van der Waals surface area (Å²) in [4.78, 5) is 2.71. The Bertz CT molecular complexity index is 966. The maximum absolute atomic E-state index is 12.9. The molecule has 1 aliphatic heterocycles. The maximum Gasteiger partial charge on any atom is 0.267 e. The topological polar surface area (TPSA) is 75.4 Å². The molecule has 0 amide bonds. The molecule has 0 saturated carbocycles. The first kappa shape index (κ1) is 23.8. The van der Waals surface area contributed by atoms with E-state index in [1.54, 1.807) is 19.9 Å². The van der Waals surface area contributed by atoms with Gasteiger partial charge in [0.1, 0.15) is 5.69 Å². The third-order valence-corrected chi connectivity index (χ3v) is 8.53. The lowest BCUT2D eigenvalue weighted by molar-refractivity contribution is 0.109. The van der Waals surface area contributed by atoms with Crippen LogP contribution in [0, 0.1) is 19.8 Å². The van der Waals surface area contributed by atoms with Crippen LogP contribution >= 0.6 is 0 Å². The minimum atomic E-state index is -3.75. The van der Waals surface area contributed by atoms with E-state index in [9.17, 15) is 8.42 Å². The van der Waals surface area contributed by atoms with Gasteiger partial charge in [-0.25, -0.2) is 8.42 Å². The predicted molar refractivity (Wildman–Crippen MR) is 125 cm³/mol. The van der Waals surface area contributed by atoms with Gasteiger partial charge in [-0.3, -0.25) is 4.72 Å². The normalized spacial score (nSPS) is 22.5. The fourth-order valence-electron chi connectivity index (χ4n) is 4.71. The van der Waals surface area contributed by atoms with Crippen molar-refractivity contribution in [3.63, 3.8) is 0 Å². The summed E-state index contributed by atoms with van der Waals surface area (Å²) in [5.74, 6) is 0.787. The molecule has 0 spiro atoms. The van der Waals surface area contributed by atoms with Gasteiger partial charge in [0.05, 0.1) is 0 Å². The van der Waals surface area contributed by atoms with Gasteiger partial charge in [-0.2, -0.15) is 0 Å². The molecule has 0 bridgehead atoms. The summed E-state index contributed by atoms with van der Waals surface area (Å²) in [6.07, 6.45) is 6.24. The first-order valence-corrected chi connectivity index (χ1v) is 12.9. The number of unbranched alkanes of at least 4 members (excludes halogenated alkanes) is 3. The molecule has 0 radical (unpaired) electrons. The zero-order valence-corrected chi connectivity index (χ0v) is 20.4. The summed E-state index contributed by atoms with van der Waals surface area (Å²) < 4.78 is 33.6. The predicted octanol–water partition coefficient (Wildman–Crippen LogP) is 5.27. The summed E-state index contributed by atoms with van der Waals surface area (Å²) in [6.45, 7) is 13.5. The number of rotatable bonds is 9. The van der Waals surface area contributed by atoms with Crippen LogP contribution in [0.25, 0.3) is 0 Å². The minimum absolute atomic E-state index is 0.0183. The molecular formula is C24H37N3O3S. The van der Waals surface area contributed by atoms with Crippen LogP contribution < -0.4 is 4.72 Å². The highest BCUT2D eigenvalue weighted by Crippen LogP contribution is 2.40. The lowest BCUT2D eigenvalue weighted by Gasteiger charge is -2.45. The van der Waals surface area contributed by atoms with Crippen molar-refractivity contribution >= 4 is 15.7 Å². The third kappa shape index (κ3) is 5.32. The Morgan fingerprint density at radius 1 is 1.26 bits per heavy atom. The number of piperidine rings is 1. The highest BCUT2D eigenvalue weighted by atomic mass is 32.2. The van der Waals surface area contributed by atoms with E-state index in [2.05, 4.69) is 41.6 Å². The van der Waals surface area contributed by atoms with Crippen molar-refractivity contribution in [2.45, 2.75) is 77.0 Å². The highest BCUT2D eigenvalue weighted by molar-refractivity contribution is 7.92. The van der Waals surface area contributed by atoms with Crippen molar-refractivity contribution in [1.82, 2.24) is 10.1 Å². The molecule has 1 fully saturated rings. The summed E-state index contributed by atoms with van der Waals surface area (Å²) >= 11 is 0. The molecule has 2 heterocycles. The van der Waals surface area contributed by atoms with Gasteiger partial charge in [0.2, 0.25) is 0 Å². The van der Waals surface area contributed by atoms with Crippen LogP contribution in [0.3, 0.4) is 0 Å². The lowest BCUT2D eigenvalue weighted by Crippen LogP contribution is -2.47. The van der Waals surface area contributed by atoms with Crippen LogP contribution in [0.4, 0.5) is 5.69 Å². The number of anilines is 1. The van der Waals surface area contributed by atoms with Gasteiger partial charge in [0, 0.05) is 12.2 Å². The van der Waals surface area contributed by atoms with E-state index in [0.717, 1.165) is 19.5 Å². The molecule has 1 saturated heterocycles. The van der Waals surface area contributed by atoms with E-state index in [-0.39, 0.29) is 10.3 Å². The largest absolute Gasteiger partial charge is 0.360 e. The number of aromatic nitrogens is 1. The van der Waals surface area contributed by atoms with Gasteiger partial charge < -0.3 is 9.42 Å². The number of hydrogen-bond acceptors (Lipinski definition) is 5. The fraction of sp³-hybridized carbons (Fsp3) is 0.625. The molecule has 31 heavy (non-hydrogen) atoms. The Morgan fingerprint density at radius 3 is 2.68 bits per heavy atom. The van der Waals surface area contributed by atoms with Crippen LogP contribution in [0.2, 0.25) is 0 Å². The van der Waals surface area contributed by atoms with Gasteiger partial charge in [0.25, 0.3) is 10.0 Å². The molecule has 1 N–H and O–H groups in total. The minimum Gasteiger partial charge on any atom is -0.360 e. The standard InChI is InChI=1S/C24H37N3O3S/c1-6-7-8-9-14-27-15-13-24(5,18(2)17-27)21-11-10-12-22(16-21)26-31(28,29)23-19(3)25-30-20(23)4/h10-12,16,18,26H,6-9,13-15,17H2,1-5H3. The second kappa shape index (κ2) is 9.74. The number of nitrogens with zero attached hydrogens (tertiary/aromatic N) is 2. The van der Waals surface area contributed by atoms with Crippen LogP contribution in [0.15, 0.2) is 33.7 Å². The maximum atomic E-state index is 12.9. The number of hydrogen-bond donors (Lipinski definition) is 1.